The maximum Gasteiger partial charge on any atom is 0.316 e. The lowest BCUT2D eigenvalue weighted by Gasteiger charge is -2.19. The summed E-state index contributed by atoms with van der Waals surface area (Å²) in [5.74, 6) is -0.501. The van der Waals surface area contributed by atoms with Gasteiger partial charge in [0.1, 0.15) is 0 Å². The van der Waals surface area contributed by atoms with E-state index in [2.05, 4.69) is 29.5 Å². The summed E-state index contributed by atoms with van der Waals surface area (Å²) in [6, 6.07) is 0.0682. The summed E-state index contributed by atoms with van der Waals surface area (Å²) in [6.45, 7) is 5.02. The first-order valence-electron chi connectivity index (χ1n) is 5.73. The maximum atomic E-state index is 11.0. The molecule has 1 atom stereocenters. The van der Waals surface area contributed by atoms with Gasteiger partial charge in [-0.15, -0.1) is 0 Å². The van der Waals surface area contributed by atoms with Gasteiger partial charge in [0.2, 0.25) is 5.96 Å². The fourth-order valence-corrected chi connectivity index (χ4v) is 1.74. The highest BCUT2D eigenvalue weighted by atomic mass is 16.2. The number of carbonyl (C=O) groups is 2. The third kappa shape index (κ3) is 4.52. The first kappa shape index (κ1) is 13.6. The van der Waals surface area contributed by atoms with Gasteiger partial charge in [0.25, 0.3) is 0 Å². The van der Waals surface area contributed by atoms with Crippen molar-refractivity contribution >= 4 is 17.8 Å². The largest absolute Gasteiger partial charge is 0.316 e. The van der Waals surface area contributed by atoms with E-state index in [9.17, 15) is 9.59 Å². The number of hydrogen-bond donors (Lipinski definition) is 2. The van der Waals surface area contributed by atoms with Gasteiger partial charge in [0.15, 0.2) is 0 Å². The molecule has 0 bridgehead atoms. The van der Waals surface area contributed by atoms with E-state index in [0.29, 0.717) is 5.92 Å². The van der Waals surface area contributed by atoms with Gasteiger partial charge in [0, 0.05) is 6.54 Å². The number of carbonyl (C=O) groups excluding carboxylic acids is 2. The topological polar surface area (TPSA) is 73.8 Å². The SMILES string of the molecule is CC(C)CC(CN(C)C)N=C1NC(=O)C(=O)N1. The van der Waals surface area contributed by atoms with Crippen molar-refractivity contribution in [3.05, 3.63) is 0 Å². The molecular formula is C11H20N4O2. The summed E-state index contributed by atoms with van der Waals surface area (Å²) in [5.41, 5.74) is 0. The van der Waals surface area contributed by atoms with E-state index in [-0.39, 0.29) is 12.0 Å². The van der Waals surface area contributed by atoms with Crippen molar-refractivity contribution in [2.75, 3.05) is 20.6 Å². The quantitative estimate of drug-likeness (QED) is 0.640. The Balaban J connectivity index is 2.67. The van der Waals surface area contributed by atoms with Crippen molar-refractivity contribution in [3.63, 3.8) is 0 Å². The van der Waals surface area contributed by atoms with Crippen LogP contribution in [0.25, 0.3) is 0 Å². The maximum absolute atomic E-state index is 11.0. The van der Waals surface area contributed by atoms with Crippen molar-refractivity contribution in [2.45, 2.75) is 26.3 Å². The van der Waals surface area contributed by atoms with Gasteiger partial charge in [0.05, 0.1) is 6.04 Å². The number of nitrogens with zero attached hydrogens (tertiary/aromatic N) is 2. The van der Waals surface area contributed by atoms with E-state index in [0.717, 1.165) is 13.0 Å². The van der Waals surface area contributed by atoms with Crippen LogP contribution < -0.4 is 10.6 Å². The number of aliphatic imine (C=N–C) groups is 1. The fraction of sp³-hybridized carbons (Fsp3) is 0.727. The third-order valence-corrected chi connectivity index (χ3v) is 2.30. The molecule has 1 fully saturated rings. The van der Waals surface area contributed by atoms with E-state index in [1.807, 2.05) is 19.0 Å². The van der Waals surface area contributed by atoms with Gasteiger partial charge in [-0.05, 0) is 26.4 Å². The molecule has 0 aromatic heterocycles. The van der Waals surface area contributed by atoms with E-state index in [4.69, 9.17) is 0 Å². The molecule has 1 aliphatic rings. The Hall–Kier alpha value is -1.43. The summed E-state index contributed by atoms with van der Waals surface area (Å²) >= 11 is 0. The van der Waals surface area contributed by atoms with Crippen LogP contribution in [0.15, 0.2) is 4.99 Å². The molecule has 0 saturated carbocycles. The van der Waals surface area contributed by atoms with Crippen LogP contribution in [0.4, 0.5) is 0 Å². The number of guanidine groups is 1. The molecule has 2 N–H and O–H groups in total. The smallest absolute Gasteiger partial charge is 0.307 e. The number of likely N-dealkylation sites (N-methyl/N-ethyl adjacent to an activating group) is 1. The molecule has 1 unspecified atom stereocenters. The molecule has 0 aromatic rings. The van der Waals surface area contributed by atoms with Crippen LogP contribution in [0.3, 0.4) is 0 Å². The molecule has 6 heteroatoms. The van der Waals surface area contributed by atoms with E-state index in [1.165, 1.54) is 0 Å². The second-order valence-corrected chi connectivity index (χ2v) is 4.93. The highest BCUT2D eigenvalue weighted by Gasteiger charge is 2.26. The zero-order valence-electron chi connectivity index (χ0n) is 10.8. The van der Waals surface area contributed by atoms with Gasteiger partial charge in [-0.3, -0.25) is 20.2 Å². The Labute approximate surface area is 101 Å². The van der Waals surface area contributed by atoms with E-state index >= 15 is 0 Å². The van der Waals surface area contributed by atoms with Crippen LogP contribution in [0, 0.1) is 5.92 Å². The van der Waals surface area contributed by atoms with Crippen molar-refractivity contribution in [1.82, 2.24) is 15.5 Å². The highest BCUT2D eigenvalue weighted by Crippen LogP contribution is 2.09. The minimum Gasteiger partial charge on any atom is -0.307 e. The summed E-state index contributed by atoms with van der Waals surface area (Å²) < 4.78 is 0. The third-order valence-electron chi connectivity index (χ3n) is 2.30. The Kier molecular flexibility index (Phi) is 4.62. The van der Waals surface area contributed by atoms with E-state index in [1.54, 1.807) is 0 Å². The molecule has 0 radical (unpaired) electrons. The van der Waals surface area contributed by atoms with Crippen molar-refractivity contribution in [2.24, 2.45) is 10.9 Å². The minimum absolute atomic E-state index is 0.0682. The number of rotatable bonds is 5. The highest BCUT2D eigenvalue weighted by molar-refractivity contribution is 6.45. The lowest BCUT2D eigenvalue weighted by molar-refractivity contribution is -0.135. The Bertz CT molecular complexity index is 308. The molecule has 1 heterocycles. The molecule has 0 aliphatic carbocycles. The van der Waals surface area contributed by atoms with Gasteiger partial charge >= 0.3 is 11.8 Å². The van der Waals surface area contributed by atoms with Crippen molar-refractivity contribution in [1.29, 1.82) is 0 Å². The van der Waals surface area contributed by atoms with Crippen molar-refractivity contribution in [3.8, 4) is 0 Å². The molecule has 1 saturated heterocycles. The van der Waals surface area contributed by atoms with Crippen molar-refractivity contribution < 1.29 is 9.59 Å². The van der Waals surface area contributed by atoms with Gasteiger partial charge in [-0.25, -0.2) is 4.99 Å². The predicted octanol–water partition coefficient (Wildman–Crippen LogP) is -0.435. The molecular weight excluding hydrogens is 220 g/mol. The fourth-order valence-electron chi connectivity index (χ4n) is 1.74. The average molecular weight is 240 g/mol. The Morgan fingerprint density at radius 3 is 2.12 bits per heavy atom. The van der Waals surface area contributed by atoms with Crippen LogP contribution >= 0.6 is 0 Å². The van der Waals surface area contributed by atoms with Crippen LogP contribution in [-0.4, -0.2) is 49.4 Å². The summed E-state index contributed by atoms with van der Waals surface area (Å²) in [5, 5.41) is 4.82. The average Bonchev–Trinajstić information content (AvgIpc) is 2.42. The van der Waals surface area contributed by atoms with Gasteiger partial charge < -0.3 is 4.90 Å². The van der Waals surface area contributed by atoms with E-state index < -0.39 is 11.8 Å². The molecule has 6 nitrogen and oxygen atoms in total. The lowest BCUT2D eigenvalue weighted by Crippen LogP contribution is -2.32. The molecule has 0 spiro atoms. The second kappa shape index (κ2) is 5.77. The van der Waals surface area contributed by atoms with Crippen LogP contribution in [0.5, 0.6) is 0 Å². The molecule has 0 aromatic carbocycles. The zero-order chi connectivity index (χ0) is 13.0. The summed E-state index contributed by atoms with van der Waals surface area (Å²) in [7, 11) is 3.94. The van der Waals surface area contributed by atoms with Crippen LogP contribution in [0.2, 0.25) is 0 Å². The molecule has 96 valence electrons. The first-order valence-corrected chi connectivity index (χ1v) is 5.73. The molecule has 1 rings (SSSR count). The molecule has 2 amide bonds. The number of nitrogens with one attached hydrogen (secondary N) is 2. The monoisotopic (exact) mass is 240 g/mol. The zero-order valence-corrected chi connectivity index (χ0v) is 10.8. The normalized spacial score (nSPS) is 17.4. The van der Waals surface area contributed by atoms with Gasteiger partial charge in [-0.2, -0.15) is 0 Å². The van der Waals surface area contributed by atoms with Crippen LogP contribution in [-0.2, 0) is 9.59 Å². The first-order chi connectivity index (χ1) is 7.88. The minimum atomic E-state index is -0.642. The number of hydrogen-bond acceptors (Lipinski definition) is 4. The Morgan fingerprint density at radius 2 is 1.71 bits per heavy atom. The number of amides is 2. The summed E-state index contributed by atoms with van der Waals surface area (Å²) in [6.07, 6.45) is 0.910. The molecule has 1 aliphatic heterocycles. The standard InChI is InChI=1S/C11H20N4O2/c1-7(2)5-8(6-15(3)4)12-11-13-9(16)10(17)14-11/h7-8H,5-6H2,1-4H3,(H2,12,13,14,16,17). The predicted molar refractivity (Wildman–Crippen MR) is 65.5 cm³/mol. The van der Waals surface area contributed by atoms with Crippen LogP contribution in [0.1, 0.15) is 20.3 Å². The Morgan fingerprint density at radius 1 is 1.18 bits per heavy atom. The summed E-state index contributed by atoms with van der Waals surface area (Å²) in [4.78, 5) is 28.4. The lowest BCUT2D eigenvalue weighted by atomic mass is 10.0. The van der Waals surface area contributed by atoms with Gasteiger partial charge in [-0.1, -0.05) is 13.8 Å². The second-order valence-electron chi connectivity index (χ2n) is 4.93. The molecule has 17 heavy (non-hydrogen) atoms.